The van der Waals surface area contributed by atoms with E-state index < -0.39 is 36.6 Å². The molecule has 1 saturated heterocycles. The maximum absolute atomic E-state index is 12.9. The van der Waals surface area contributed by atoms with Crippen molar-refractivity contribution in [3.63, 3.8) is 0 Å². The van der Waals surface area contributed by atoms with Crippen molar-refractivity contribution in [1.82, 2.24) is 24.5 Å². The summed E-state index contributed by atoms with van der Waals surface area (Å²) in [6, 6.07) is -0.928. The lowest BCUT2D eigenvalue weighted by atomic mass is 10.0. The number of ether oxygens (including phenoxy) is 1. The van der Waals surface area contributed by atoms with Crippen LogP contribution in [-0.4, -0.2) is 64.7 Å². The van der Waals surface area contributed by atoms with Crippen LogP contribution in [0.2, 0.25) is 25.7 Å². The third-order valence-corrected chi connectivity index (χ3v) is 7.98. The van der Waals surface area contributed by atoms with Gasteiger partial charge in [0.15, 0.2) is 0 Å². The van der Waals surface area contributed by atoms with Gasteiger partial charge in [0.2, 0.25) is 0 Å². The molecule has 164 valence electrons. The second kappa shape index (κ2) is 7.69. The second-order valence-corrected chi connectivity index (χ2v) is 15.9. The summed E-state index contributed by atoms with van der Waals surface area (Å²) in [5.41, 5.74) is 2.24. The third kappa shape index (κ3) is 4.15. The Kier molecular flexibility index (Phi) is 5.48. The quantitative estimate of drug-likeness (QED) is 0.351. The zero-order chi connectivity index (χ0) is 21.7. The van der Waals surface area contributed by atoms with Gasteiger partial charge in [0.05, 0.1) is 22.6 Å². The number of hydroxylamine groups is 2. The van der Waals surface area contributed by atoms with Crippen molar-refractivity contribution in [2.75, 3.05) is 13.2 Å². The summed E-state index contributed by atoms with van der Waals surface area (Å²) in [4.78, 5) is 23.9. The first-order chi connectivity index (χ1) is 14.1. The van der Waals surface area contributed by atoms with E-state index in [1.165, 1.54) is 16.2 Å². The summed E-state index contributed by atoms with van der Waals surface area (Å²) >= 11 is 1.30. The minimum Gasteiger partial charge on any atom is -0.361 e. The summed E-state index contributed by atoms with van der Waals surface area (Å²) in [5, 5.41) is 0.685. The fourth-order valence-electron chi connectivity index (χ4n) is 3.54. The molecule has 1 fully saturated rings. The molecule has 4 heterocycles. The number of aromatic nitrogens is 3. The Morgan fingerprint density at radius 1 is 1.33 bits per heavy atom. The number of hydrogen-bond acceptors (Lipinski definition) is 8. The molecular weight excluding hydrogens is 450 g/mol. The van der Waals surface area contributed by atoms with Crippen LogP contribution in [0, 0.1) is 0 Å². The average molecular weight is 474 g/mol. The number of imidazole rings is 1. The maximum Gasteiger partial charge on any atom is 0.418 e. The van der Waals surface area contributed by atoms with E-state index in [2.05, 4.69) is 33.9 Å². The van der Waals surface area contributed by atoms with Crippen LogP contribution < -0.4 is 0 Å². The number of urea groups is 1. The maximum atomic E-state index is 12.9. The van der Waals surface area contributed by atoms with Crippen molar-refractivity contribution < 1.29 is 26.8 Å². The fourth-order valence-corrected chi connectivity index (χ4v) is 5.56. The van der Waals surface area contributed by atoms with E-state index in [1.54, 1.807) is 17.9 Å². The smallest absolute Gasteiger partial charge is 0.361 e. The summed E-state index contributed by atoms with van der Waals surface area (Å²) < 4.78 is 43.8. The first-order valence-corrected chi connectivity index (χ1v) is 15.3. The van der Waals surface area contributed by atoms with Gasteiger partial charge in [0, 0.05) is 27.1 Å². The van der Waals surface area contributed by atoms with Crippen molar-refractivity contribution >= 4 is 35.8 Å². The van der Waals surface area contributed by atoms with E-state index >= 15 is 0 Å². The number of rotatable bonds is 8. The molecule has 2 aliphatic rings. The molecule has 4 rings (SSSR count). The second-order valence-electron chi connectivity index (χ2n) is 8.39. The summed E-state index contributed by atoms with van der Waals surface area (Å²) in [7, 11) is -6.06. The number of nitrogens with zero attached hydrogens (tertiary/aromatic N) is 5. The Balaban J connectivity index is 1.60. The lowest BCUT2D eigenvalue weighted by Crippen LogP contribution is -2.37. The Morgan fingerprint density at radius 3 is 2.80 bits per heavy atom. The predicted octanol–water partition coefficient (Wildman–Crippen LogP) is 2.27. The molecule has 0 spiro atoms. The Hall–Kier alpha value is -1.84. The van der Waals surface area contributed by atoms with E-state index in [9.17, 15) is 13.2 Å². The van der Waals surface area contributed by atoms with Crippen molar-refractivity contribution in [1.29, 1.82) is 0 Å². The molecule has 2 aromatic rings. The van der Waals surface area contributed by atoms with Gasteiger partial charge in [-0.2, -0.15) is 13.5 Å². The average Bonchev–Trinajstić information content (AvgIpc) is 3.34. The van der Waals surface area contributed by atoms with E-state index in [1.807, 2.05) is 4.57 Å². The molecule has 2 aliphatic heterocycles. The molecule has 1 N–H and O–H groups in total. The van der Waals surface area contributed by atoms with Crippen molar-refractivity contribution in [2.24, 2.45) is 0 Å². The molecule has 2 amide bonds. The van der Waals surface area contributed by atoms with Crippen molar-refractivity contribution in [3.05, 3.63) is 34.3 Å². The highest BCUT2D eigenvalue weighted by Gasteiger charge is 2.53. The lowest BCUT2D eigenvalue weighted by Gasteiger charge is -2.29. The van der Waals surface area contributed by atoms with Crippen molar-refractivity contribution in [3.8, 4) is 0 Å². The molecular formula is C16H23N5O6S2Si. The Labute approximate surface area is 179 Å². The summed E-state index contributed by atoms with van der Waals surface area (Å²) in [6.45, 7) is 7.95. The standard InChI is InChI=1S/C16H23N5O6S2Si/c1-30(2,3)7-6-26-10-19-5-4-17-15(19)13-12-14(28-9-18-12)11-8-20(13)16(22)21(11)27-29(23,24)25/h4-5,9,11,13H,6-8,10H2,1-3H3,(H,23,24,25)/t11-,13-/m0/s1. The molecule has 0 aromatic carbocycles. The highest BCUT2D eigenvalue weighted by molar-refractivity contribution is 7.80. The minimum atomic E-state index is -4.85. The molecule has 0 saturated carbocycles. The van der Waals surface area contributed by atoms with Gasteiger partial charge in [0.25, 0.3) is 0 Å². The van der Waals surface area contributed by atoms with E-state index in [-0.39, 0.29) is 13.3 Å². The summed E-state index contributed by atoms with van der Waals surface area (Å²) in [6.07, 6.45) is 3.40. The van der Waals surface area contributed by atoms with Gasteiger partial charge < -0.3 is 14.2 Å². The SMILES string of the molecule is C[Si](C)(C)CCOCn1ccnc1[C@@H]1c2ncsc2[C@@H]2CN1C(=O)N2OS(=O)(=O)O. The minimum absolute atomic E-state index is 0.192. The van der Waals surface area contributed by atoms with Gasteiger partial charge in [-0.15, -0.1) is 15.6 Å². The normalized spacial score (nSPS) is 21.4. The van der Waals surface area contributed by atoms with Gasteiger partial charge in [0.1, 0.15) is 24.6 Å². The van der Waals surface area contributed by atoms with Crippen LogP contribution >= 0.6 is 11.3 Å². The highest BCUT2D eigenvalue weighted by atomic mass is 32.3. The number of fused-ring (bicyclic) bond motifs is 4. The Bertz CT molecular complexity index is 1050. The van der Waals surface area contributed by atoms with E-state index in [0.717, 1.165) is 6.04 Å². The molecule has 2 atom stereocenters. The molecule has 2 bridgehead atoms. The zero-order valence-electron chi connectivity index (χ0n) is 16.8. The number of hydrogen-bond donors (Lipinski definition) is 1. The highest BCUT2D eigenvalue weighted by Crippen LogP contribution is 2.47. The number of carbonyl (C=O) groups is 1. The van der Waals surface area contributed by atoms with Crippen LogP contribution in [0.3, 0.4) is 0 Å². The van der Waals surface area contributed by atoms with Crippen molar-refractivity contribution in [2.45, 2.75) is 44.5 Å². The van der Waals surface area contributed by atoms with Crippen LogP contribution in [0.5, 0.6) is 0 Å². The van der Waals surface area contributed by atoms with Crippen LogP contribution in [-0.2, 0) is 26.2 Å². The summed E-state index contributed by atoms with van der Waals surface area (Å²) in [5.74, 6) is 0.565. The van der Waals surface area contributed by atoms with E-state index in [0.29, 0.717) is 28.1 Å². The van der Waals surface area contributed by atoms with Gasteiger partial charge in [-0.25, -0.2) is 14.8 Å². The van der Waals surface area contributed by atoms with Gasteiger partial charge >= 0.3 is 16.4 Å². The largest absolute Gasteiger partial charge is 0.418 e. The van der Waals surface area contributed by atoms with Crippen LogP contribution in [0.25, 0.3) is 0 Å². The molecule has 30 heavy (non-hydrogen) atoms. The van der Waals surface area contributed by atoms with Gasteiger partial charge in [-0.1, -0.05) is 19.6 Å². The number of amides is 2. The van der Waals surface area contributed by atoms with Gasteiger partial charge in [-0.05, 0) is 6.04 Å². The van der Waals surface area contributed by atoms with Crippen LogP contribution in [0.15, 0.2) is 17.9 Å². The monoisotopic (exact) mass is 473 g/mol. The topological polar surface area (TPSA) is 127 Å². The van der Waals surface area contributed by atoms with Crippen LogP contribution in [0.4, 0.5) is 4.79 Å². The first kappa shape index (κ1) is 21.4. The van der Waals surface area contributed by atoms with Crippen LogP contribution in [0.1, 0.15) is 28.5 Å². The van der Waals surface area contributed by atoms with Gasteiger partial charge in [-0.3, -0.25) is 4.55 Å². The first-order valence-electron chi connectivity index (χ1n) is 9.34. The molecule has 0 aliphatic carbocycles. The molecule has 2 aromatic heterocycles. The molecule has 14 heteroatoms. The molecule has 11 nitrogen and oxygen atoms in total. The van der Waals surface area contributed by atoms with E-state index in [4.69, 9.17) is 9.29 Å². The number of thiazole rings is 1. The lowest BCUT2D eigenvalue weighted by molar-refractivity contribution is -0.0308. The predicted molar refractivity (Wildman–Crippen MR) is 110 cm³/mol. The third-order valence-electron chi connectivity index (χ3n) is 4.98. The molecule has 0 unspecified atom stereocenters. The number of carbonyl (C=O) groups excluding carboxylic acids is 1. The molecule has 0 radical (unpaired) electrons. The zero-order valence-corrected chi connectivity index (χ0v) is 19.4. The fraction of sp³-hybridized carbons (Fsp3) is 0.562. The Morgan fingerprint density at radius 2 is 2.10 bits per heavy atom.